The van der Waals surface area contributed by atoms with Gasteiger partial charge in [0.15, 0.2) is 0 Å². The van der Waals surface area contributed by atoms with Crippen LogP contribution in [-0.4, -0.2) is 51.4 Å². The fraction of sp³-hybridized carbons (Fsp3) is 0.375. The van der Waals surface area contributed by atoms with Gasteiger partial charge in [-0.15, -0.1) is 0 Å². The molecule has 0 bridgehead atoms. The number of ether oxygens (including phenoxy) is 1. The molecule has 0 unspecified atom stereocenters. The number of anilines is 1. The van der Waals surface area contributed by atoms with Gasteiger partial charge in [0.25, 0.3) is 10.0 Å². The molecule has 1 N–H and O–H groups in total. The van der Waals surface area contributed by atoms with Crippen LogP contribution in [0.5, 0.6) is 5.75 Å². The van der Waals surface area contributed by atoms with Crippen LogP contribution in [0.3, 0.4) is 0 Å². The molecule has 3 aromatic rings. The maximum absolute atomic E-state index is 14.2. The minimum absolute atomic E-state index is 0.0475. The number of carbonyl (C=O) groups is 2. The third-order valence-electron chi connectivity index (χ3n) is 7.06. The zero-order valence-corrected chi connectivity index (χ0v) is 26.5. The summed E-state index contributed by atoms with van der Waals surface area (Å²) in [5, 5.41) is 3.27. The molecule has 10 heteroatoms. The number of unbranched alkanes of at least 4 members (excludes halogenated alkanes) is 1. The summed E-state index contributed by atoms with van der Waals surface area (Å²) in [6, 6.07) is 17.8. The van der Waals surface area contributed by atoms with Crippen molar-refractivity contribution in [1.29, 1.82) is 0 Å². The minimum Gasteiger partial charge on any atom is -0.497 e. The number of carbonyl (C=O) groups excluding carboxylic acids is 2. The smallest absolute Gasteiger partial charge is 0.264 e. The first kappa shape index (κ1) is 32.9. The van der Waals surface area contributed by atoms with Crippen LogP contribution >= 0.6 is 11.6 Å². The van der Waals surface area contributed by atoms with Crippen LogP contribution in [-0.2, 0) is 26.2 Å². The molecule has 0 saturated carbocycles. The maximum atomic E-state index is 14.2. The van der Waals surface area contributed by atoms with Crippen molar-refractivity contribution in [1.82, 2.24) is 10.2 Å². The lowest BCUT2D eigenvalue weighted by Gasteiger charge is -2.33. The minimum atomic E-state index is -4.18. The van der Waals surface area contributed by atoms with E-state index >= 15 is 0 Å². The van der Waals surface area contributed by atoms with Gasteiger partial charge in [0, 0.05) is 18.1 Å². The predicted molar refractivity (Wildman–Crippen MR) is 167 cm³/mol. The molecule has 0 heterocycles. The summed E-state index contributed by atoms with van der Waals surface area (Å²) in [5.74, 6) is -0.133. The van der Waals surface area contributed by atoms with E-state index in [0.29, 0.717) is 35.0 Å². The average Bonchev–Trinajstić information content (AvgIpc) is 2.97. The third kappa shape index (κ3) is 8.26. The molecule has 0 aliphatic carbocycles. The Labute approximate surface area is 254 Å². The molecule has 8 nitrogen and oxygen atoms in total. The van der Waals surface area contributed by atoms with E-state index in [-0.39, 0.29) is 17.3 Å². The molecule has 2 amide bonds. The van der Waals surface area contributed by atoms with Crippen LogP contribution in [0.1, 0.15) is 49.8 Å². The summed E-state index contributed by atoms with van der Waals surface area (Å²) in [7, 11) is -2.61. The highest BCUT2D eigenvalue weighted by atomic mass is 35.5. The Morgan fingerprint density at radius 2 is 1.64 bits per heavy atom. The van der Waals surface area contributed by atoms with Crippen molar-refractivity contribution in [3.05, 3.63) is 88.4 Å². The zero-order chi connectivity index (χ0) is 30.9. The van der Waals surface area contributed by atoms with Crippen LogP contribution in [0.4, 0.5) is 5.69 Å². The first-order valence-electron chi connectivity index (χ1n) is 14.1. The molecule has 0 aromatic heterocycles. The van der Waals surface area contributed by atoms with Gasteiger partial charge in [0.1, 0.15) is 18.3 Å². The molecule has 0 spiro atoms. The summed E-state index contributed by atoms with van der Waals surface area (Å²) < 4.78 is 34.5. The van der Waals surface area contributed by atoms with Gasteiger partial charge in [-0.1, -0.05) is 67.8 Å². The number of hydrogen-bond acceptors (Lipinski definition) is 5. The Bertz CT molecular complexity index is 1460. The topological polar surface area (TPSA) is 96.0 Å². The second-order valence-electron chi connectivity index (χ2n) is 10.2. The number of rotatable bonds is 14. The van der Waals surface area contributed by atoms with Gasteiger partial charge in [-0.25, -0.2) is 8.42 Å². The molecular formula is C32H40ClN3O5S. The Morgan fingerprint density at radius 3 is 2.24 bits per heavy atom. The Kier molecular flexibility index (Phi) is 11.8. The number of halogens is 1. The summed E-state index contributed by atoms with van der Waals surface area (Å²) in [6.07, 6.45) is 2.07. The highest BCUT2D eigenvalue weighted by molar-refractivity contribution is 7.92. The summed E-state index contributed by atoms with van der Waals surface area (Å²) in [4.78, 5) is 29.0. The quantitative estimate of drug-likeness (QED) is 0.229. The third-order valence-corrected chi connectivity index (χ3v) is 9.06. The summed E-state index contributed by atoms with van der Waals surface area (Å²) >= 11 is 6.30. The van der Waals surface area contributed by atoms with Gasteiger partial charge in [-0.3, -0.25) is 13.9 Å². The lowest BCUT2D eigenvalue weighted by Crippen LogP contribution is -2.52. The molecule has 0 aliphatic rings. The molecule has 3 aromatic carbocycles. The highest BCUT2D eigenvalue weighted by Gasteiger charge is 2.34. The summed E-state index contributed by atoms with van der Waals surface area (Å²) in [5.41, 5.74) is 2.60. The zero-order valence-electron chi connectivity index (χ0n) is 24.9. The number of nitrogens with zero attached hydrogens (tertiary/aromatic N) is 2. The number of nitrogens with one attached hydrogen (secondary N) is 1. The normalized spacial score (nSPS) is 12.0. The Morgan fingerprint density at radius 1 is 0.976 bits per heavy atom. The second-order valence-corrected chi connectivity index (χ2v) is 12.5. The first-order valence-corrected chi connectivity index (χ1v) is 15.9. The second kappa shape index (κ2) is 15.1. The molecule has 0 radical (unpaired) electrons. The SMILES string of the molecule is CCCCNC(=O)[C@@H](CC)N(Cc1ccc(OC)cc1)C(=O)CN(c1cc(Cl)ccc1C)S(=O)(=O)c1ccc(C)cc1. The molecule has 0 aliphatic heterocycles. The predicted octanol–water partition coefficient (Wildman–Crippen LogP) is 5.88. The van der Waals surface area contributed by atoms with Gasteiger partial charge in [0.05, 0.1) is 17.7 Å². The van der Waals surface area contributed by atoms with Gasteiger partial charge >= 0.3 is 0 Å². The fourth-order valence-electron chi connectivity index (χ4n) is 4.56. The fourth-order valence-corrected chi connectivity index (χ4v) is 6.19. The van der Waals surface area contributed by atoms with E-state index in [0.717, 1.165) is 28.3 Å². The number of sulfonamides is 1. The van der Waals surface area contributed by atoms with Crippen LogP contribution in [0.15, 0.2) is 71.6 Å². The van der Waals surface area contributed by atoms with E-state index in [1.54, 1.807) is 56.5 Å². The monoisotopic (exact) mass is 613 g/mol. The largest absolute Gasteiger partial charge is 0.497 e. The molecule has 3 rings (SSSR count). The average molecular weight is 614 g/mol. The molecule has 0 saturated heterocycles. The van der Waals surface area contributed by atoms with E-state index in [4.69, 9.17) is 16.3 Å². The number of aryl methyl sites for hydroxylation is 2. The summed E-state index contributed by atoms with van der Waals surface area (Å²) in [6.45, 7) is 7.57. The molecule has 1 atom stereocenters. The van der Waals surface area contributed by atoms with Gasteiger partial charge in [0.2, 0.25) is 11.8 Å². The molecule has 226 valence electrons. The van der Waals surface area contributed by atoms with Crippen LogP contribution < -0.4 is 14.4 Å². The van der Waals surface area contributed by atoms with Crippen molar-refractivity contribution in [2.45, 2.75) is 64.4 Å². The van der Waals surface area contributed by atoms with Crippen molar-refractivity contribution in [2.24, 2.45) is 0 Å². The Balaban J connectivity index is 2.07. The van der Waals surface area contributed by atoms with Crippen LogP contribution in [0, 0.1) is 13.8 Å². The van der Waals surface area contributed by atoms with Crippen molar-refractivity contribution in [2.75, 3.05) is 24.5 Å². The molecular weight excluding hydrogens is 574 g/mol. The number of benzene rings is 3. The van der Waals surface area contributed by atoms with Crippen LogP contribution in [0.25, 0.3) is 0 Å². The van der Waals surface area contributed by atoms with Crippen molar-refractivity contribution >= 4 is 39.1 Å². The van der Waals surface area contributed by atoms with E-state index in [9.17, 15) is 18.0 Å². The van der Waals surface area contributed by atoms with Crippen LogP contribution in [0.2, 0.25) is 5.02 Å². The van der Waals surface area contributed by atoms with E-state index in [1.807, 2.05) is 32.9 Å². The Hall–Kier alpha value is -3.56. The standard InChI is InChI=1S/C32H40ClN3O5S/c1-6-8-19-34-32(38)29(7-2)35(21-25-12-15-27(41-5)16-13-25)31(37)22-36(30-20-26(33)14-11-24(30)4)42(39,40)28-17-9-23(3)10-18-28/h9-18,20,29H,6-8,19,21-22H2,1-5H3,(H,34,38)/t29-/m1/s1. The van der Waals surface area contributed by atoms with Crippen molar-refractivity contribution in [3.63, 3.8) is 0 Å². The van der Waals surface area contributed by atoms with Gasteiger partial charge < -0.3 is 15.0 Å². The number of hydrogen-bond donors (Lipinski definition) is 1. The van der Waals surface area contributed by atoms with E-state index < -0.39 is 28.5 Å². The van der Waals surface area contributed by atoms with E-state index in [2.05, 4.69) is 5.32 Å². The molecule has 0 fully saturated rings. The molecule has 42 heavy (non-hydrogen) atoms. The maximum Gasteiger partial charge on any atom is 0.264 e. The highest BCUT2D eigenvalue weighted by Crippen LogP contribution is 2.30. The number of methoxy groups -OCH3 is 1. The van der Waals surface area contributed by atoms with Crippen molar-refractivity contribution < 1.29 is 22.7 Å². The lowest BCUT2D eigenvalue weighted by molar-refractivity contribution is -0.140. The number of amides is 2. The van der Waals surface area contributed by atoms with E-state index in [1.165, 1.54) is 17.0 Å². The van der Waals surface area contributed by atoms with Gasteiger partial charge in [-0.2, -0.15) is 0 Å². The lowest BCUT2D eigenvalue weighted by atomic mass is 10.1. The van der Waals surface area contributed by atoms with Gasteiger partial charge in [-0.05, 0) is 74.2 Å². The first-order chi connectivity index (χ1) is 20.0. The van der Waals surface area contributed by atoms with Crippen molar-refractivity contribution in [3.8, 4) is 5.75 Å².